The first-order chi connectivity index (χ1) is 39.4. The third-order valence-corrected chi connectivity index (χ3v) is 17.0. The molecule has 4 aliphatic heterocycles. The summed E-state index contributed by atoms with van der Waals surface area (Å²) in [4.78, 5) is 107. The maximum Gasteiger partial charge on any atom is 0.306 e. The van der Waals surface area contributed by atoms with Crippen LogP contribution in [0.25, 0.3) is 0 Å². The van der Waals surface area contributed by atoms with Crippen molar-refractivity contribution in [3.8, 4) is 17.2 Å². The second-order valence-corrected chi connectivity index (χ2v) is 22.7. The van der Waals surface area contributed by atoms with Crippen molar-refractivity contribution in [2.75, 3.05) is 73.7 Å². The standard InChI is InChI=1S/C52H70N8O22S/c1-24(57-47(68)26(3)58-46(67)25(2)56-34(61)21-78-23-55-83(73,74)59-13-10-28(11-14-59)49(69)70)45(66)54-22-77-16-12-53-51(71)52(72)19-30-37(43(65)39-38(41(30)63)40(62)29-8-7-9-32(75-5)36(29)42(39)64)33(20-52)81-35-18-31-44(27(4)80-35)82-48-50(76-6)79-17-15-60(31)48/h7-9,24-28,31,33,35,44,48,50,55,63,65,72H,10-23H2,1-6H3,(H,53,71)(H,54,66)(H,56,61)(H,57,68)(H,58,67)(H,69,70)/t24-,25-,26-,27-,31-,33-,35-,44+,48+,50-,52-/m0/s1. The van der Waals surface area contributed by atoms with Gasteiger partial charge in [0, 0.05) is 75.3 Å². The summed E-state index contributed by atoms with van der Waals surface area (Å²) in [5.74, 6) is -8.62. The minimum atomic E-state index is -4.00. The van der Waals surface area contributed by atoms with Crippen LogP contribution in [0.15, 0.2) is 18.2 Å². The number of aromatic hydroxyl groups is 2. The van der Waals surface area contributed by atoms with E-state index in [1.807, 2.05) is 0 Å². The summed E-state index contributed by atoms with van der Waals surface area (Å²) >= 11 is 0. The van der Waals surface area contributed by atoms with Crippen molar-refractivity contribution in [2.24, 2.45) is 5.92 Å². The number of benzene rings is 2. The molecule has 4 fully saturated rings. The van der Waals surface area contributed by atoms with E-state index in [1.165, 1.54) is 53.2 Å². The number of carboxylic acid groups (broad SMARTS) is 1. The van der Waals surface area contributed by atoms with E-state index in [0.29, 0.717) is 13.2 Å². The van der Waals surface area contributed by atoms with Crippen LogP contribution in [0.5, 0.6) is 17.2 Å². The van der Waals surface area contributed by atoms with E-state index in [4.69, 9.17) is 43.0 Å². The normalized spacial score (nSPS) is 26.4. The van der Waals surface area contributed by atoms with Crippen LogP contribution in [0, 0.1) is 5.92 Å². The number of morpholine rings is 1. The molecular formula is C52H70N8O22S. The zero-order valence-corrected chi connectivity index (χ0v) is 47.2. The molecule has 31 heteroatoms. The minimum absolute atomic E-state index is 0.00178. The maximum atomic E-state index is 14.2. The smallest absolute Gasteiger partial charge is 0.306 e. The number of nitrogens with one attached hydrogen (secondary N) is 6. The van der Waals surface area contributed by atoms with Gasteiger partial charge in [-0.2, -0.15) is 17.4 Å². The number of ketones is 2. The molecule has 4 saturated heterocycles. The van der Waals surface area contributed by atoms with Crippen molar-refractivity contribution in [3.63, 3.8) is 0 Å². The average Bonchev–Trinajstić information content (AvgIpc) is 1.50. The van der Waals surface area contributed by atoms with Crippen LogP contribution >= 0.6 is 0 Å². The second-order valence-electron chi connectivity index (χ2n) is 20.9. The van der Waals surface area contributed by atoms with Crippen LogP contribution in [0.1, 0.15) is 102 Å². The van der Waals surface area contributed by atoms with Gasteiger partial charge in [0.15, 0.2) is 24.6 Å². The van der Waals surface area contributed by atoms with Gasteiger partial charge in [-0.25, -0.2) is 0 Å². The molecule has 2 aliphatic carbocycles. The molecule has 10 N–H and O–H groups in total. The summed E-state index contributed by atoms with van der Waals surface area (Å²) in [6.45, 7) is 4.60. The number of phenolic OH excluding ortho intramolecular Hbond substituents is 2. The number of phenols is 2. The number of aliphatic carboxylic acids is 1. The molecule has 11 atom stereocenters. The van der Waals surface area contributed by atoms with Gasteiger partial charge in [-0.15, -0.1) is 0 Å². The fraction of sp³-hybridized carbons (Fsp3) is 0.615. The van der Waals surface area contributed by atoms with Crippen molar-refractivity contribution in [3.05, 3.63) is 51.6 Å². The summed E-state index contributed by atoms with van der Waals surface area (Å²) in [5, 5.41) is 57.8. The van der Waals surface area contributed by atoms with Crippen LogP contribution in [-0.2, 0) is 78.6 Å². The van der Waals surface area contributed by atoms with Gasteiger partial charge in [0.05, 0.1) is 55.1 Å². The summed E-state index contributed by atoms with van der Waals surface area (Å²) in [7, 11) is -1.18. The van der Waals surface area contributed by atoms with Gasteiger partial charge >= 0.3 is 5.97 Å². The molecule has 0 aromatic heterocycles. The zero-order valence-electron chi connectivity index (χ0n) is 46.4. The number of hydrogen-bond donors (Lipinski definition) is 10. The Labute approximate surface area is 476 Å². The van der Waals surface area contributed by atoms with Gasteiger partial charge in [-0.3, -0.25) is 43.3 Å². The van der Waals surface area contributed by atoms with Crippen molar-refractivity contribution in [1.29, 1.82) is 0 Å². The average molecular weight is 1190 g/mol. The van der Waals surface area contributed by atoms with Crippen molar-refractivity contribution in [2.45, 2.75) is 127 Å². The predicted octanol–water partition coefficient (Wildman–Crippen LogP) is -2.52. The number of carbonyl (C=O) groups excluding carboxylic acids is 7. The minimum Gasteiger partial charge on any atom is -0.507 e. The van der Waals surface area contributed by atoms with E-state index in [9.17, 15) is 62.1 Å². The van der Waals surface area contributed by atoms with Crippen LogP contribution < -0.4 is 36.0 Å². The lowest BCUT2D eigenvalue weighted by Gasteiger charge is -2.43. The quantitative estimate of drug-likeness (QED) is 0.0266. The summed E-state index contributed by atoms with van der Waals surface area (Å²) in [5.41, 5.74) is -3.99. The van der Waals surface area contributed by atoms with Crippen LogP contribution in [0.3, 0.4) is 0 Å². The molecule has 0 spiro atoms. The number of nitrogens with zero attached hydrogens (tertiary/aromatic N) is 2. The van der Waals surface area contributed by atoms with Crippen molar-refractivity contribution < 1.29 is 105 Å². The van der Waals surface area contributed by atoms with E-state index >= 15 is 0 Å². The number of aliphatic hydroxyl groups is 1. The highest BCUT2D eigenvalue weighted by Crippen LogP contribution is 2.53. The molecule has 0 radical (unpaired) electrons. The van der Waals surface area contributed by atoms with E-state index in [2.05, 4.69) is 36.2 Å². The molecule has 0 saturated carbocycles. The summed E-state index contributed by atoms with van der Waals surface area (Å²) in [6.07, 6.45) is -5.36. The van der Waals surface area contributed by atoms with Gasteiger partial charge in [0.25, 0.3) is 16.1 Å². The summed E-state index contributed by atoms with van der Waals surface area (Å²) in [6, 6.07) is 0.565. The molecule has 6 aliphatic rings. The Morgan fingerprint density at radius 2 is 1.52 bits per heavy atom. The number of ether oxygens (including phenoxy) is 8. The molecule has 2 aromatic carbocycles. The Kier molecular flexibility index (Phi) is 19.7. The largest absolute Gasteiger partial charge is 0.507 e. The first-order valence-corrected chi connectivity index (χ1v) is 28.4. The number of methoxy groups -OCH3 is 2. The van der Waals surface area contributed by atoms with Crippen LogP contribution in [0.2, 0.25) is 0 Å². The topological polar surface area (TPSA) is 404 Å². The third-order valence-electron chi connectivity index (χ3n) is 15.5. The van der Waals surface area contributed by atoms with Gasteiger partial charge in [0.2, 0.25) is 29.4 Å². The van der Waals surface area contributed by atoms with E-state index in [1.54, 1.807) is 6.92 Å². The number of piperidine rings is 1. The van der Waals surface area contributed by atoms with Gasteiger partial charge in [0.1, 0.15) is 67.1 Å². The molecule has 8 rings (SSSR count). The highest BCUT2D eigenvalue weighted by Gasteiger charge is 2.55. The SMILES string of the molecule is COc1cccc2c1C(=O)c1c(O)c3c(c(O)c1C2=O)C[C@@](O)(C(=O)NCCOCNC(=O)[C@H](C)NC(=O)[C@H](C)NC(=O)[C@H](C)NC(=O)COCNS(=O)(=O)N1CCC(C(=O)O)CC1)C[C@@H]3O[C@H]1C[C@H]2[C@H](O[C@@H]3[C@@H](OC)OCCN32)[C@H](C)O1. The van der Waals surface area contributed by atoms with Crippen molar-refractivity contribution in [1.82, 2.24) is 40.5 Å². The molecule has 456 valence electrons. The molecule has 30 nitrogen and oxygen atoms in total. The first kappa shape index (κ1) is 62.6. The Hall–Kier alpha value is -6.49. The Bertz CT molecular complexity index is 2960. The Morgan fingerprint density at radius 1 is 0.843 bits per heavy atom. The lowest BCUT2D eigenvalue weighted by Crippen LogP contribution is -2.55. The fourth-order valence-electron chi connectivity index (χ4n) is 11.1. The molecular weight excluding hydrogens is 1120 g/mol. The summed E-state index contributed by atoms with van der Waals surface area (Å²) < 4.78 is 74.7. The number of rotatable bonds is 23. The van der Waals surface area contributed by atoms with Crippen LogP contribution in [-0.4, -0.2) is 220 Å². The zero-order chi connectivity index (χ0) is 60.2. The molecule has 83 heavy (non-hydrogen) atoms. The molecule has 2 aromatic rings. The molecule has 0 unspecified atom stereocenters. The number of amides is 5. The third kappa shape index (κ3) is 13.4. The maximum absolute atomic E-state index is 14.2. The monoisotopic (exact) mass is 1190 g/mol. The lowest BCUT2D eigenvalue weighted by molar-refractivity contribution is -0.256. The van der Waals surface area contributed by atoms with Gasteiger partial charge < -0.3 is 84.9 Å². The highest BCUT2D eigenvalue weighted by atomic mass is 32.2. The highest BCUT2D eigenvalue weighted by molar-refractivity contribution is 7.87. The number of carbonyl (C=O) groups is 8. The second kappa shape index (κ2) is 26.2. The van der Waals surface area contributed by atoms with E-state index < -0.39 is 180 Å². The van der Waals surface area contributed by atoms with Gasteiger partial charge in [-0.05, 0) is 46.6 Å². The number of fused-ring (bicyclic) bond motifs is 6. The van der Waals surface area contributed by atoms with Gasteiger partial charge in [-0.1, -0.05) is 12.1 Å². The van der Waals surface area contributed by atoms with E-state index in [0.717, 1.165) is 4.31 Å². The van der Waals surface area contributed by atoms with Crippen molar-refractivity contribution >= 4 is 57.3 Å². The molecule has 0 bridgehead atoms. The van der Waals surface area contributed by atoms with Crippen LogP contribution in [0.4, 0.5) is 0 Å². The molecule has 5 amide bonds. The predicted molar refractivity (Wildman–Crippen MR) is 281 cm³/mol. The van der Waals surface area contributed by atoms with E-state index in [-0.39, 0.29) is 79.5 Å². The fourth-order valence-corrected chi connectivity index (χ4v) is 12.2. The Balaban J connectivity index is 0.816. The number of carboxylic acids is 1. The Morgan fingerprint density at radius 3 is 2.19 bits per heavy atom. The molecule has 4 heterocycles. The lowest BCUT2D eigenvalue weighted by atomic mass is 9.72. The number of hydrogen-bond acceptors (Lipinski definition) is 22. The first-order valence-electron chi connectivity index (χ1n) is 26.9.